The zero-order valence-electron chi connectivity index (χ0n) is 16.8. The quantitative estimate of drug-likeness (QED) is 0.432. The number of imide groups is 1. The Morgan fingerprint density at radius 1 is 1.13 bits per heavy atom. The van der Waals surface area contributed by atoms with Crippen molar-refractivity contribution in [2.75, 3.05) is 12.9 Å². The van der Waals surface area contributed by atoms with Crippen molar-refractivity contribution in [3.63, 3.8) is 0 Å². The summed E-state index contributed by atoms with van der Waals surface area (Å²) in [5.41, 5.74) is 1.18. The van der Waals surface area contributed by atoms with Gasteiger partial charge in [-0.05, 0) is 35.7 Å². The van der Waals surface area contributed by atoms with Crippen molar-refractivity contribution in [3.05, 3.63) is 65.8 Å². The summed E-state index contributed by atoms with van der Waals surface area (Å²) in [6.07, 6.45) is 1.75. The predicted molar refractivity (Wildman–Crippen MR) is 120 cm³/mol. The van der Waals surface area contributed by atoms with Crippen LogP contribution in [-0.4, -0.2) is 44.0 Å². The van der Waals surface area contributed by atoms with Crippen molar-refractivity contribution >= 4 is 34.9 Å². The number of para-hydroxylation sites is 2. The van der Waals surface area contributed by atoms with Crippen LogP contribution < -0.4 is 10.1 Å². The van der Waals surface area contributed by atoms with Crippen LogP contribution in [-0.2, 0) is 11.8 Å². The van der Waals surface area contributed by atoms with Crippen LogP contribution in [0.4, 0.5) is 0 Å². The zero-order valence-corrected chi connectivity index (χ0v) is 18.4. The van der Waals surface area contributed by atoms with Gasteiger partial charge in [0.2, 0.25) is 5.91 Å². The van der Waals surface area contributed by atoms with Crippen LogP contribution in [0.2, 0.25) is 0 Å². The molecule has 1 aromatic carbocycles. The van der Waals surface area contributed by atoms with Gasteiger partial charge in [-0.1, -0.05) is 30.0 Å². The van der Waals surface area contributed by atoms with Gasteiger partial charge in [0.25, 0.3) is 5.91 Å². The molecular weight excluding hydrogens is 434 g/mol. The van der Waals surface area contributed by atoms with Gasteiger partial charge in [-0.25, -0.2) is 0 Å². The molecule has 3 aromatic heterocycles. The number of rotatable bonds is 7. The average molecular weight is 454 g/mol. The average Bonchev–Trinajstić information content (AvgIpc) is 3.52. The minimum Gasteiger partial charge on any atom is -0.495 e. The number of methoxy groups -OCH3 is 1. The summed E-state index contributed by atoms with van der Waals surface area (Å²) in [6.45, 7) is 0. The number of thioether (sulfide) groups is 1. The Morgan fingerprint density at radius 3 is 2.68 bits per heavy atom. The highest BCUT2D eigenvalue weighted by molar-refractivity contribution is 7.99. The molecule has 0 saturated heterocycles. The zero-order chi connectivity index (χ0) is 21.8. The summed E-state index contributed by atoms with van der Waals surface area (Å²) >= 11 is 2.74. The Hall–Kier alpha value is -3.37. The van der Waals surface area contributed by atoms with E-state index in [0.29, 0.717) is 22.4 Å². The smallest absolute Gasteiger partial charge is 0.274 e. The van der Waals surface area contributed by atoms with Gasteiger partial charge >= 0.3 is 0 Å². The summed E-state index contributed by atoms with van der Waals surface area (Å²) < 4.78 is 9.04. The number of benzene rings is 1. The Kier molecular flexibility index (Phi) is 6.19. The first-order valence-electron chi connectivity index (χ1n) is 9.29. The van der Waals surface area contributed by atoms with Crippen molar-refractivity contribution in [1.29, 1.82) is 0 Å². The van der Waals surface area contributed by atoms with Crippen molar-refractivity contribution in [3.8, 4) is 22.1 Å². The number of nitrogens with one attached hydrogen (secondary N) is 1. The van der Waals surface area contributed by atoms with Crippen molar-refractivity contribution < 1.29 is 14.3 Å². The van der Waals surface area contributed by atoms with E-state index in [2.05, 4.69) is 15.5 Å². The molecule has 0 spiro atoms. The SMILES string of the molecule is COc1ccccc1-n1c(SCC(=O)NC(=O)c2cccn2C)nnc1-c1cccs1. The highest BCUT2D eigenvalue weighted by Crippen LogP contribution is 2.33. The number of carbonyl (C=O) groups is 2. The number of hydrogen-bond donors (Lipinski definition) is 1. The monoisotopic (exact) mass is 453 g/mol. The molecule has 0 aliphatic rings. The molecule has 0 saturated carbocycles. The first kappa shape index (κ1) is 20.9. The lowest BCUT2D eigenvalue weighted by molar-refractivity contribution is -0.117. The molecule has 0 atom stereocenters. The second-order valence-electron chi connectivity index (χ2n) is 6.46. The maximum Gasteiger partial charge on any atom is 0.274 e. The largest absolute Gasteiger partial charge is 0.495 e. The Morgan fingerprint density at radius 2 is 1.97 bits per heavy atom. The molecule has 4 rings (SSSR count). The van der Waals surface area contributed by atoms with E-state index in [4.69, 9.17) is 4.74 Å². The highest BCUT2D eigenvalue weighted by atomic mass is 32.2. The fourth-order valence-electron chi connectivity index (χ4n) is 3.01. The van der Waals surface area contributed by atoms with E-state index < -0.39 is 11.8 Å². The number of aromatic nitrogens is 4. The summed E-state index contributed by atoms with van der Waals surface area (Å²) in [5.74, 6) is 0.466. The van der Waals surface area contributed by atoms with Crippen LogP contribution >= 0.6 is 23.1 Å². The van der Waals surface area contributed by atoms with Gasteiger partial charge in [0, 0.05) is 13.2 Å². The van der Waals surface area contributed by atoms with Crippen LogP contribution in [0.25, 0.3) is 16.4 Å². The third-order valence-electron chi connectivity index (χ3n) is 4.46. The standard InChI is InChI=1S/C21H19N5O3S2/c1-25-11-5-8-15(25)20(28)22-18(27)13-31-21-24-23-19(17-10-6-12-30-17)26(21)14-7-3-4-9-16(14)29-2/h3-12H,13H2,1-2H3,(H,22,27,28). The number of aryl methyl sites for hydroxylation is 1. The molecule has 10 heteroatoms. The number of carbonyl (C=O) groups excluding carboxylic acids is 2. The third-order valence-corrected chi connectivity index (χ3v) is 6.26. The van der Waals surface area contributed by atoms with E-state index in [1.807, 2.05) is 46.3 Å². The summed E-state index contributed by atoms with van der Waals surface area (Å²) in [4.78, 5) is 25.6. The summed E-state index contributed by atoms with van der Waals surface area (Å²) in [6, 6.07) is 14.8. The number of ether oxygens (including phenoxy) is 1. The summed E-state index contributed by atoms with van der Waals surface area (Å²) in [7, 11) is 3.35. The molecule has 8 nitrogen and oxygen atoms in total. The van der Waals surface area contributed by atoms with Crippen LogP contribution in [0.5, 0.6) is 5.75 Å². The topological polar surface area (TPSA) is 91.0 Å². The van der Waals surface area contributed by atoms with Gasteiger partial charge in [-0.15, -0.1) is 21.5 Å². The highest BCUT2D eigenvalue weighted by Gasteiger charge is 2.21. The number of nitrogens with zero attached hydrogens (tertiary/aromatic N) is 4. The first-order valence-corrected chi connectivity index (χ1v) is 11.2. The second kappa shape index (κ2) is 9.19. The van der Waals surface area contributed by atoms with Gasteiger partial charge in [0.1, 0.15) is 11.4 Å². The third kappa shape index (κ3) is 4.39. The lowest BCUT2D eigenvalue weighted by Gasteiger charge is -2.13. The fourth-order valence-corrected chi connectivity index (χ4v) is 4.46. The van der Waals surface area contributed by atoms with Crippen LogP contribution in [0.3, 0.4) is 0 Å². The van der Waals surface area contributed by atoms with Gasteiger partial charge in [-0.3, -0.25) is 19.5 Å². The molecule has 0 bridgehead atoms. The van der Waals surface area contributed by atoms with Crippen molar-refractivity contribution in [2.24, 2.45) is 7.05 Å². The molecule has 0 radical (unpaired) electrons. The Labute approximate surface area is 186 Å². The normalized spacial score (nSPS) is 10.8. The van der Waals surface area contributed by atoms with Crippen molar-refractivity contribution in [2.45, 2.75) is 5.16 Å². The molecule has 3 heterocycles. The van der Waals surface area contributed by atoms with E-state index >= 15 is 0 Å². The van der Waals surface area contributed by atoms with Crippen LogP contribution in [0.1, 0.15) is 10.5 Å². The second-order valence-corrected chi connectivity index (χ2v) is 8.35. The lowest BCUT2D eigenvalue weighted by atomic mass is 10.3. The molecule has 4 aromatic rings. The van der Waals surface area contributed by atoms with Crippen LogP contribution in [0, 0.1) is 0 Å². The Balaban J connectivity index is 1.58. The van der Waals surface area contributed by atoms with Crippen molar-refractivity contribution in [1.82, 2.24) is 24.6 Å². The fraction of sp³-hybridized carbons (Fsp3) is 0.143. The maximum atomic E-state index is 12.4. The minimum absolute atomic E-state index is 0.00782. The number of amides is 2. The molecule has 1 N–H and O–H groups in total. The van der Waals surface area contributed by atoms with Gasteiger partial charge in [0.05, 0.1) is 23.4 Å². The molecule has 0 aliphatic carbocycles. The molecule has 2 amide bonds. The molecule has 158 valence electrons. The van der Waals surface area contributed by atoms with Gasteiger partial charge in [-0.2, -0.15) is 0 Å². The molecular formula is C21H19N5O3S2. The molecule has 0 aliphatic heterocycles. The molecule has 0 fully saturated rings. The van der Waals surface area contributed by atoms with Gasteiger partial charge in [0.15, 0.2) is 11.0 Å². The Bertz CT molecular complexity index is 1210. The van der Waals surface area contributed by atoms with E-state index in [1.165, 1.54) is 11.8 Å². The number of thiophene rings is 1. The number of hydrogen-bond acceptors (Lipinski definition) is 7. The molecule has 0 unspecified atom stereocenters. The molecule has 31 heavy (non-hydrogen) atoms. The van der Waals surface area contributed by atoms with Crippen LogP contribution in [0.15, 0.2) is 65.3 Å². The van der Waals surface area contributed by atoms with E-state index in [9.17, 15) is 9.59 Å². The van der Waals surface area contributed by atoms with E-state index in [-0.39, 0.29) is 5.75 Å². The predicted octanol–water partition coefficient (Wildman–Crippen LogP) is 3.39. The van der Waals surface area contributed by atoms with Gasteiger partial charge < -0.3 is 9.30 Å². The minimum atomic E-state index is -0.441. The lowest BCUT2D eigenvalue weighted by Crippen LogP contribution is -2.33. The maximum absolute atomic E-state index is 12.4. The first-order chi connectivity index (χ1) is 15.1. The van der Waals surface area contributed by atoms with E-state index in [0.717, 1.165) is 10.6 Å². The van der Waals surface area contributed by atoms with E-state index in [1.54, 1.807) is 48.4 Å². The summed E-state index contributed by atoms with van der Waals surface area (Å²) in [5, 5.41) is 13.5.